The lowest BCUT2D eigenvalue weighted by molar-refractivity contribution is 0.549. The van der Waals surface area contributed by atoms with Crippen molar-refractivity contribution in [3.05, 3.63) is 57.7 Å². The van der Waals surface area contributed by atoms with Crippen LogP contribution in [0.2, 0.25) is 5.15 Å². The van der Waals surface area contributed by atoms with Crippen LogP contribution in [0.25, 0.3) is 6.08 Å². The topological polar surface area (TPSA) is 77.9 Å². The van der Waals surface area contributed by atoms with Gasteiger partial charge in [0.1, 0.15) is 28.1 Å². The van der Waals surface area contributed by atoms with E-state index in [1.54, 1.807) is 13.0 Å². The SMILES string of the molecule is C=Nc1cc(F)c(C(C)C(=N)n2nc(Cl)ccc2=N)c(F)c1/C=C\C. The molecule has 0 saturated carbocycles. The van der Waals surface area contributed by atoms with E-state index in [4.69, 9.17) is 22.4 Å². The summed E-state index contributed by atoms with van der Waals surface area (Å²) in [6, 6.07) is 3.82. The molecule has 2 N–H and O–H groups in total. The summed E-state index contributed by atoms with van der Waals surface area (Å²) in [5, 5.41) is 19.9. The van der Waals surface area contributed by atoms with Crippen LogP contribution in [0.15, 0.2) is 29.3 Å². The lowest BCUT2D eigenvalue weighted by Crippen LogP contribution is -2.32. The molecule has 0 radical (unpaired) electrons. The Morgan fingerprint density at radius 3 is 2.72 bits per heavy atom. The van der Waals surface area contributed by atoms with Gasteiger partial charge in [-0.15, -0.1) is 0 Å². The van der Waals surface area contributed by atoms with Gasteiger partial charge in [-0.2, -0.15) is 5.10 Å². The standard InChI is InChI=1S/C17H16ClF2N5/c1-4-5-10-12(23-3)8-11(19)15(16(10)20)9(2)17(22)25-14(21)7-6-13(18)24-25/h4-9,21-22H,3H2,1-2H3/b5-4-,21-14?,22-17?. The summed E-state index contributed by atoms with van der Waals surface area (Å²) >= 11 is 5.79. The fourth-order valence-corrected chi connectivity index (χ4v) is 2.53. The molecule has 2 aromatic rings. The number of allylic oxidation sites excluding steroid dienone is 1. The second-order valence-corrected chi connectivity index (χ2v) is 5.62. The van der Waals surface area contributed by atoms with Gasteiger partial charge < -0.3 is 0 Å². The molecule has 0 amide bonds. The van der Waals surface area contributed by atoms with Crippen LogP contribution in [0, 0.1) is 22.5 Å². The Kier molecular flexibility index (Phi) is 5.58. The Bertz CT molecular complexity index is 933. The quantitative estimate of drug-likeness (QED) is 0.617. The van der Waals surface area contributed by atoms with Crippen LogP contribution in [-0.2, 0) is 0 Å². The molecule has 0 aliphatic heterocycles. The molecular formula is C17H16ClF2N5. The summed E-state index contributed by atoms with van der Waals surface area (Å²) in [6.07, 6.45) is 3.05. The van der Waals surface area contributed by atoms with Crippen LogP contribution >= 0.6 is 11.6 Å². The number of nitrogens with one attached hydrogen (secondary N) is 2. The highest BCUT2D eigenvalue weighted by molar-refractivity contribution is 6.29. The fraction of sp³-hybridized carbons (Fsp3) is 0.176. The van der Waals surface area contributed by atoms with E-state index in [1.807, 2.05) is 0 Å². The average molecular weight is 364 g/mol. The van der Waals surface area contributed by atoms with E-state index in [1.165, 1.54) is 25.1 Å². The molecule has 0 aliphatic carbocycles. The second kappa shape index (κ2) is 7.48. The first-order valence-electron chi connectivity index (χ1n) is 7.32. The number of aromatic nitrogens is 2. The van der Waals surface area contributed by atoms with Crippen molar-refractivity contribution in [3.63, 3.8) is 0 Å². The summed E-state index contributed by atoms with van der Waals surface area (Å²) in [6.45, 7) is 6.47. The lowest BCUT2D eigenvalue weighted by atomic mass is 9.95. The predicted molar refractivity (Wildman–Crippen MR) is 94.9 cm³/mol. The number of rotatable bonds is 4. The van der Waals surface area contributed by atoms with Gasteiger partial charge in [-0.1, -0.05) is 30.7 Å². The molecule has 1 unspecified atom stereocenters. The highest BCUT2D eigenvalue weighted by atomic mass is 35.5. The largest absolute Gasteiger partial charge is 0.286 e. The first-order valence-corrected chi connectivity index (χ1v) is 7.70. The summed E-state index contributed by atoms with van der Waals surface area (Å²) in [4.78, 5) is 3.64. The van der Waals surface area contributed by atoms with Crippen LogP contribution in [0.4, 0.5) is 14.5 Å². The molecule has 0 saturated heterocycles. The zero-order chi connectivity index (χ0) is 18.7. The van der Waals surface area contributed by atoms with Crippen LogP contribution in [0.5, 0.6) is 0 Å². The maximum absolute atomic E-state index is 14.9. The predicted octanol–water partition coefficient (Wildman–Crippen LogP) is 4.29. The maximum Gasteiger partial charge on any atom is 0.150 e. The molecule has 1 aromatic heterocycles. The molecule has 2 rings (SSSR count). The first kappa shape index (κ1) is 18.7. The van der Waals surface area contributed by atoms with Crippen molar-refractivity contribution >= 4 is 35.9 Å². The van der Waals surface area contributed by atoms with Crippen molar-refractivity contribution in [1.29, 1.82) is 10.8 Å². The van der Waals surface area contributed by atoms with Crippen molar-refractivity contribution in [3.8, 4) is 0 Å². The number of hydrogen-bond acceptors (Lipinski definition) is 4. The molecule has 1 atom stereocenters. The molecule has 1 aromatic carbocycles. The van der Waals surface area contributed by atoms with E-state index in [9.17, 15) is 8.78 Å². The minimum Gasteiger partial charge on any atom is -0.286 e. The highest BCUT2D eigenvalue weighted by Gasteiger charge is 2.25. The third kappa shape index (κ3) is 3.56. The molecule has 130 valence electrons. The molecule has 0 aliphatic rings. The van der Waals surface area contributed by atoms with Gasteiger partial charge in [0.25, 0.3) is 0 Å². The number of benzene rings is 1. The zero-order valence-electron chi connectivity index (χ0n) is 13.6. The van der Waals surface area contributed by atoms with Crippen LogP contribution < -0.4 is 5.49 Å². The van der Waals surface area contributed by atoms with Gasteiger partial charge in [0.2, 0.25) is 0 Å². The lowest BCUT2D eigenvalue weighted by Gasteiger charge is -2.18. The molecule has 5 nitrogen and oxygen atoms in total. The Labute approximate surface area is 148 Å². The average Bonchev–Trinajstić information content (AvgIpc) is 2.58. The van der Waals surface area contributed by atoms with E-state index in [0.29, 0.717) is 0 Å². The smallest absolute Gasteiger partial charge is 0.150 e. The second-order valence-electron chi connectivity index (χ2n) is 5.24. The number of hydrogen-bond donors (Lipinski definition) is 2. The van der Waals surface area contributed by atoms with Crippen LogP contribution in [0.3, 0.4) is 0 Å². The highest BCUT2D eigenvalue weighted by Crippen LogP contribution is 2.33. The van der Waals surface area contributed by atoms with E-state index >= 15 is 0 Å². The van der Waals surface area contributed by atoms with Crippen molar-refractivity contribution < 1.29 is 8.78 Å². The van der Waals surface area contributed by atoms with Gasteiger partial charge in [-0.3, -0.25) is 15.8 Å². The Hall–Kier alpha value is -2.67. The van der Waals surface area contributed by atoms with Gasteiger partial charge in [0, 0.05) is 23.1 Å². The molecule has 25 heavy (non-hydrogen) atoms. The molecule has 0 spiro atoms. The minimum absolute atomic E-state index is 0.0645. The molecule has 0 fully saturated rings. The fourth-order valence-electron chi connectivity index (χ4n) is 2.40. The molecule has 0 bridgehead atoms. The monoisotopic (exact) mass is 363 g/mol. The normalized spacial score (nSPS) is 12.4. The van der Waals surface area contributed by atoms with Gasteiger partial charge in [0.15, 0.2) is 0 Å². The maximum atomic E-state index is 14.9. The van der Waals surface area contributed by atoms with E-state index in [-0.39, 0.29) is 33.3 Å². The third-order valence-electron chi connectivity index (χ3n) is 3.65. The Balaban J connectivity index is 2.63. The summed E-state index contributed by atoms with van der Waals surface area (Å²) in [5.74, 6) is -2.97. The van der Waals surface area contributed by atoms with Crippen molar-refractivity contribution in [2.24, 2.45) is 4.99 Å². The minimum atomic E-state index is -1.01. The van der Waals surface area contributed by atoms with E-state index < -0.39 is 17.6 Å². The van der Waals surface area contributed by atoms with Crippen molar-refractivity contribution in [2.75, 3.05) is 0 Å². The third-order valence-corrected chi connectivity index (χ3v) is 3.85. The zero-order valence-corrected chi connectivity index (χ0v) is 14.4. The van der Waals surface area contributed by atoms with Crippen molar-refractivity contribution in [1.82, 2.24) is 9.78 Å². The van der Waals surface area contributed by atoms with E-state index in [0.717, 1.165) is 10.7 Å². The van der Waals surface area contributed by atoms with Gasteiger partial charge in [-0.25, -0.2) is 13.5 Å². The Morgan fingerprint density at radius 2 is 2.12 bits per heavy atom. The number of aliphatic imine (C=N–C) groups is 1. The number of nitrogens with zero attached hydrogens (tertiary/aromatic N) is 3. The first-order chi connectivity index (χ1) is 11.8. The van der Waals surface area contributed by atoms with Gasteiger partial charge in [0.05, 0.1) is 5.69 Å². The van der Waals surface area contributed by atoms with Crippen molar-refractivity contribution in [2.45, 2.75) is 19.8 Å². The summed E-state index contributed by atoms with van der Waals surface area (Å²) < 4.78 is 30.3. The van der Waals surface area contributed by atoms with E-state index in [2.05, 4.69) is 16.8 Å². The number of halogens is 3. The van der Waals surface area contributed by atoms with Crippen LogP contribution in [0.1, 0.15) is 30.9 Å². The summed E-state index contributed by atoms with van der Waals surface area (Å²) in [7, 11) is 0. The molecular weight excluding hydrogens is 348 g/mol. The molecule has 8 heteroatoms. The summed E-state index contributed by atoms with van der Waals surface area (Å²) in [5.41, 5.74) is -0.270. The molecule has 1 heterocycles. The van der Waals surface area contributed by atoms with Gasteiger partial charge >= 0.3 is 0 Å². The van der Waals surface area contributed by atoms with Gasteiger partial charge in [-0.05, 0) is 25.8 Å². The van der Waals surface area contributed by atoms with Crippen LogP contribution in [-0.4, -0.2) is 22.3 Å². The Morgan fingerprint density at radius 1 is 1.44 bits per heavy atom.